The van der Waals surface area contributed by atoms with Crippen molar-refractivity contribution in [2.45, 2.75) is 32.5 Å². The summed E-state index contributed by atoms with van der Waals surface area (Å²) in [4.78, 5) is 10.7. The number of hydrogen-bond donors (Lipinski definition) is 2. The van der Waals surface area contributed by atoms with Crippen LogP contribution in [-0.2, 0) is 6.54 Å². The number of aliphatic imine (C=N–C) groups is 1. The highest BCUT2D eigenvalue weighted by Crippen LogP contribution is 2.22. The van der Waals surface area contributed by atoms with Crippen molar-refractivity contribution in [3.05, 3.63) is 47.0 Å². The summed E-state index contributed by atoms with van der Waals surface area (Å²) >= 11 is 3.45. The van der Waals surface area contributed by atoms with Crippen molar-refractivity contribution in [3.63, 3.8) is 0 Å². The van der Waals surface area contributed by atoms with E-state index in [1.165, 1.54) is 18.1 Å². The van der Waals surface area contributed by atoms with Gasteiger partial charge in [0.1, 0.15) is 12.4 Å². The summed E-state index contributed by atoms with van der Waals surface area (Å²) in [6.45, 7) is 1.96. The van der Waals surface area contributed by atoms with Crippen molar-refractivity contribution in [1.29, 1.82) is 0 Å². The number of aromatic nitrogens is 2. The maximum absolute atomic E-state index is 12.9. The Bertz CT molecular complexity index is 768. The van der Waals surface area contributed by atoms with Gasteiger partial charge in [-0.05, 0) is 37.6 Å². The Kier molecular flexibility index (Phi) is 8.93. The highest BCUT2D eigenvalue weighted by molar-refractivity contribution is 14.0. The summed E-state index contributed by atoms with van der Waals surface area (Å²) in [5, 5.41) is 6.57. The number of hydrogen-bond acceptors (Lipinski definition) is 3. The van der Waals surface area contributed by atoms with Crippen LogP contribution in [0.3, 0.4) is 0 Å². The Morgan fingerprint density at radius 2 is 2.11 bits per heavy atom. The second-order valence-electron chi connectivity index (χ2n) is 6.28. The molecule has 154 valence electrons. The summed E-state index contributed by atoms with van der Waals surface area (Å²) in [5.74, 6) is 0.856. The summed E-state index contributed by atoms with van der Waals surface area (Å²) in [6, 6.07) is 8.49. The van der Waals surface area contributed by atoms with Crippen LogP contribution in [0.4, 0.5) is 14.5 Å². The maximum Gasteiger partial charge on any atom is 0.319 e. The van der Waals surface area contributed by atoms with E-state index in [1.807, 2.05) is 19.1 Å². The highest BCUT2D eigenvalue weighted by Gasteiger charge is 2.23. The van der Waals surface area contributed by atoms with Gasteiger partial charge in [-0.15, -0.1) is 24.0 Å². The zero-order valence-corrected chi connectivity index (χ0v) is 19.4. The fraction of sp³-hybridized carbons (Fsp3) is 0.444. The van der Waals surface area contributed by atoms with E-state index in [4.69, 9.17) is 0 Å². The summed E-state index contributed by atoms with van der Waals surface area (Å²) < 4.78 is 27.7. The standard InChI is InChI=1S/C18H23BrF2N6.HI/c1-2-22-18(24-11-16-23-8-10-27(16)17(20)21)25-14-7-9-26(12-14)15-5-3-13(19)4-6-15;/h3-6,8,10,14,17H,2,7,9,11-12H2,1H3,(H2,22,24,25);1H. The van der Waals surface area contributed by atoms with E-state index in [1.54, 1.807) is 0 Å². The van der Waals surface area contributed by atoms with Crippen LogP contribution in [0.15, 0.2) is 46.1 Å². The van der Waals surface area contributed by atoms with Gasteiger partial charge in [0, 0.05) is 48.2 Å². The van der Waals surface area contributed by atoms with Crippen molar-refractivity contribution in [2.24, 2.45) is 4.99 Å². The van der Waals surface area contributed by atoms with Gasteiger partial charge in [-0.1, -0.05) is 15.9 Å². The average Bonchev–Trinajstić information content (AvgIpc) is 3.30. The van der Waals surface area contributed by atoms with Crippen LogP contribution < -0.4 is 15.5 Å². The van der Waals surface area contributed by atoms with Crippen LogP contribution in [0.25, 0.3) is 0 Å². The molecule has 0 amide bonds. The van der Waals surface area contributed by atoms with Crippen LogP contribution in [0.2, 0.25) is 0 Å². The van der Waals surface area contributed by atoms with Crippen LogP contribution in [0.1, 0.15) is 25.7 Å². The molecular weight excluding hydrogens is 545 g/mol. The monoisotopic (exact) mass is 568 g/mol. The smallest absolute Gasteiger partial charge is 0.319 e. The Balaban J connectivity index is 0.00000280. The molecule has 3 rings (SSSR count). The molecule has 1 aliphatic rings. The molecule has 2 heterocycles. The molecule has 1 aromatic heterocycles. The zero-order chi connectivity index (χ0) is 19.2. The second kappa shape index (κ2) is 10.9. The lowest BCUT2D eigenvalue weighted by atomic mass is 10.3. The van der Waals surface area contributed by atoms with Crippen LogP contribution in [-0.4, -0.2) is 41.2 Å². The number of anilines is 1. The summed E-state index contributed by atoms with van der Waals surface area (Å²) in [7, 11) is 0. The molecule has 2 aromatic rings. The average molecular weight is 569 g/mol. The van der Waals surface area contributed by atoms with Crippen molar-refractivity contribution in [2.75, 3.05) is 24.5 Å². The molecule has 10 heteroatoms. The van der Waals surface area contributed by atoms with Gasteiger partial charge in [-0.2, -0.15) is 8.78 Å². The van der Waals surface area contributed by atoms with Gasteiger partial charge >= 0.3 is 6.55 Å². The maximum atomic E-state index is 12.9. The van der Waals surface area contributed by atoms with E-state index in [9.17, 15) is 8.78 Å². The van der Waals surface area contributed by atoms with E-state index in [0.717, 1.165) is 28.6 Å². The van der Waals surface area contributed by atoms with Crippen molar-refractivity contribution < 1.29 is 8.78 Å². The van der Waals surface area contributed by atoms with E-state index < -0.39 is 6.55 Å². The van der Waals surface area contributed by atoms with E-state index >= 15 is 0 Å². The van der Waals surface area contributed by atoms with Crippen LogP contribution in [0.5, 0.6) is 0 Å². The van der Waals surface area contributed by atoms with Crippen LogP contribution in [0, 0.1) is 0 Å². The number of guanidine groups is 1. The first-order valence-electron chi connectivity index (χ1n) is 8.92. The largest absolute Gasteiger partial charge is 0.369 e. The fourth-order valence-corrected chi connectivity index (χ4v) is 3.34. The van der Waals surface area contributed by atoms with Gasteiger partial charge in [-0.25, -0.2) is 9.98 Å². The molecular formula is C18H24BrF2IN6. The number of halogens is 4. The van der Waals surface area contributed by atoms with Crippen LogP contribution >= 0.6 is 39.9 Å². The number of alkyl halides is 2. The molecule has 28 heavy (non-hydrogen) atoms. The summed E-state index contributed by atoms with van der Waals surface area (Å²) in [5.41, 5.74) is 1.18. The molecule has 6 nitrogen and oxygen atoms in total. The fourth-order valence-electron chi connectivity index (χ4n) is 3.07. The molecule has 0 saturated carbocycles. The van der Waals surface area contributed by atoms with Crippen molar-refractivity contribution in [3.8, 4) is 0 Å². The first-order valence-corrected chi connectivity index (χ1v) is 9.71. The molecule has 1 aliphatic heterocycles. The molecule has 1 atom stereocenters. The van der Waals surface area contributed by atoms with Crippen molar-refractivity contribution in [1.82, 2.24) is 20.2 Å². The molecule has 1 unspecified atom stereocenters. The lowest BCUT2D eigenvalue weighted by molar-refractivity contribution is 0.0671. The van der Waals surface area contributed by atoms with Gasteiger partial charge < -0.3 is 15.5 Å². The third-order valence-electron chi connectivity index (χ3n) is 4.40. The SMILES string of the molecule is CCNC(=NCc1nccn1C(F)F)NC1CCN(c2ccc(Br)cc2)C1.I. The first-order chi connectivity index (χ1) is 13.1. The first kappa shape index (κ1) is 22.9. The lowest BCUT2D eigenvalue weighted by Crippen LogP contribution is -2.44. The Hall–Kier alpha value is -1.43. The lowest BCUT2D eigenvalue weighted by Gasteiger charge is -2.20. The van der Waals surface area contributed by atoms with Crippen molar-refractivity contribution >= 4 is 51.6 Å². The Morgan fingerprint density at radius 1 is 1.36 bits per heavy atom. The van der Waals surface area contributed by atoms with Gasteiger partial charge in [-0.3, -0.25) is 4.57 Å². The molecule has 0 bridgehead atoms. The molecule has 0 spiro atoms. The minimum absolute atomic E-state index is 0. The second-order valence-corrected chi connectivity index (χ2v) is 7.19. The quantitative estimate of drug-likeness (QED) is 0.314. The molecule has 0 aliphatic carbocycles. The molecule has 2 N–H and O–H groups in total. The highest BCUT2D eigenvalue weighted by atomic mass is 127. The molecule has 1 aromatic carbocycles. The number of imidazole rings is 1. The number of nitrogens with one attached hydrogen (secondary N) is 2. The van der Waals surface area contributed by atoms with Gasteiger partial charge in [0.15, 0.2) is 5.96 Å². The molecule has 1 saturated heterocycles. The third-order valence-corrected chi connectivity index (χ3v) is 4.93. The molecule has 0 radical (unpaired) electrons. The summed E-state index contributed by atoms with van der Waals surface area (Å²) in [6.07, 6.45) is 3.61. The predicted molar refractivity (Wildman–Crippen MR) is 122 cm³/mol. The number of benzene rings is 1. The Labute approximate surface area is 189 Å². The predicted octanol–water partition coefficient (Wildman–Crippen LogP) is 3.99. The normalized spacial score (nSPS) is 17.0. The van der Waals surface area contributed by atoms with E-state index in [0.29, 0.717) is 12.5 Å². The zero-order valence-electron chi connectivity index (χ0n) is 15.5. The minimum atomic E-state index is -2.61. The van der Waals surface area contributed by atoms with E-state index in [2.05, 4.69) is 53.6 Å². The van der Waals surface area contributed by atoms with Gasteiger partial charge in [0.05, 0.1) is 0 Å². The number of rotatable bonds is 6. The van der Waals surface area contributed by atoms with Gasteiger partial charge in [0.25, 0.3) is 0 Å². The number of nitrogens with zero attached hydrogens (tertiary/aromatic N) is 4. The Morgan fingerprint density at radius 3 is 2.79 bits per heavy atom. The third kappa shape index (κ3) is 6.03. The van der Waals surface area contributed by atoms with Gasteiger partial charge in [0.2, 0.25) is 0 Å². The topological polar surface area (TPSA) is 57.5 Å². The molecule has 1 fully saturated rings. The minimum Gasteiger partial charge on any atom is -0.369 e. The van der Waals surface area contributed by atoms with E-state index in [-0.39, 0.29) is 42.4 Å².